The predicted molar refractivity (Wildman–Crippen MR) is 71.4 cm³/mol. The van der Waals surface area contributed by atoms with Gasteiger partial charge in [0.1, 0.15) is 6.61 Å². The molecule has 0 saturated heterocycles. The molecule has 0 bridgehead atoms. The van der Waals surface area contributed by atoms with Gasteiger partial charge >= 0.3 is 10.2 Å². The fourth-order valence-electron chi connectivity index (χ4n) is 1.22. The first-order valence-corrected chi connectivity index (χ1v) is 6.71. The van der Waals surface area contributed by atoms with Gasteiger partial charge in [-0.1, -0.05) is 17.9 Å². The maximum absolute atomic E-state index is 11.7. The van der Waals surface area contributed by atoms with Gasteiger partial charge in [-0.2, -0.15) is 12.7 Å². The number of aryl methyl sites for hydroxylation is 1. The standard InChI is InChI=1S/C12H16N2O3S/c1-10-6-7-12(11(9-10)5-4-8-15)13-18(16,17)14(2)3/h6-7,9,13,15H,8H2,1-3H3. The van der Waals surface area contributed by atoms with Crippen molar-refractivity contribution < 1.29 is 13.5 Å². The van der Waals surface area contributed by atoms with Crippen LogP contribution in [-0.4, -0.2) is 38.5 Å². The van der Waals surface area contributed by atoms with E-state index >= 15 is 0 Å². The van der Waals surface area contributed by atoms with Gasteiger partial charge in [-0.25, -0.2) is 0 Å². The summed E-state index contributed by atoms with van der Waals surface area (Å²) < 4.78 is 27.0. The third kappa shape index (κ3) is 3.74. The van der Waals surface area contributed by atoms with Gasteiger partial charge in [0.05, 0.1) is 5.69 Å². The summed E-state index contributed by atoms with van der Waals surface area (Å²) in [6.07, 6.45) is 0. The van der Waals surface area contributed by atoms with E-state index in [2.05, 4.69) is 16.6 Å². The Kier molecular flexibility index (Phi) is 4.73. The first-order chi connectivity index (χ1) is 8.36. The van der Waals surface area contributed by atoms with Crippen LogP contribution in [0.2, 0.25) is 0 Å². The highest BCUT2D eigenvalue weighted by Gasteiger charge is 2.14. The third-order valence-electron chi connectivity index (χ3n) is 2.20. The summed E-state index contributed by atoms with van der Waals surface area (Å²) in [5.41, 5.74) is 1.90. The molecule has 6 heteroatoms. The Labute approximate surface area is 108 Å². The lowest BCUT2D eigenvalue weighted by molar-refractivity contribution is 0.350. The molecule has 0 amide bonds. The van der Waals surface area contributed by atoms with E-state index in [0.29, 0.717) is 11.3 Å². The second kappa shape index (κ2) is 5.87. The lowest BCUT2D eigenvalue weighted by Crippen LogP contribution is -2.29. The lowest BCUT2D eigenvalue weighted by Gasteiger charge is -2.14. The Morgan fingerprint density at radius 2 is 2.06 bits per heavy atom. The van der Waals surface area contributed by atoms with Crippen LogP contribution in [0.4, 0.5) is 5.69 Å². The molecule has 0 atom stereocenters. The van der Waals surface area contributed by atoms with Gasteiger partial charge in [-0.15, -0.1) is 0 Å². The predicted octanol–water partition coefficient (Wildman–Crippen LogP) is 0.557. The summed E-state index contributed by atoms with van der Waals surface area (Å²) in [6.45, 7) is 1.61. The molecule has 0 heterocycles. The molecule has 0 aliphatic rings. The number of hydrogen-bond acceptors (Lipinski definition) is 3. The van der Waals surface area contributed by atoms with Crippen LogP contribution in [0.3, 0.4) is 0 Å². The van der Waals surface area contributed by atoms with E-state index in [-0.39, 0.29) is 6.61 Å². The second-order valence-electron chi connectivity index (χ2n) is 3.90. The molecular weight excluding hydrogens is 252 g/mol. The average molecular weight is 268 g/mol. The summed E-state index contributed by atoms with van der Waals surface area (Å²) in [6, 6.07) is 5.20. The lowest BCUT2D eigenvalue weighted by atomic mass is 10.1. The first kappa shape index (κ1) is 14.5. The molecule has 0 fully saturated rings. The molecular formula is C12H16N2O3S. The minimum absolute atomic E-state index is 0.270. The number of nitrogens with zero attached hydrogens (tertiary/aromatic N) is 1. The van der Waals surface area contributed by atoms with E-state index in [1.165, 1.54) is 14.1 Å². The van der Waals surface area contributed by atoms with Crippen LogP contribution in [0.25, 0.3) is 0 Å². The third-order valence-corrected chi connectivity index (χ3v) is 3.64. The van der Waals surface area contributed by atoms with E-state index < -0.39 is 10.2 Å². The summed E-state index contributed by atoms with van der Waals surface area (Å²) in [7, 11) is -0.678. The SMILES string of the molecule is Cc1ccc(NS(=O)(=O)N(C)C)c(C#CCO)c1. The molecule has 0 spiro atoms. The van der Waals surface area contributed by atoms with Gasteiger partial charge in [0.15, 0.2) is 0 Å². The van der Waals surface area contributed by atoms with E-state index in [9.17, 15) is 8.42 Å². The Morgan fingerprint density at radius 1 is 1.39 bits per heavy atom. The minimum atomic E-state index is -3.56. The van der Waals surface area contributed by atoms with Crippen LogP contribution >= 0.6 is 0 Å². The molecule has 0 aromatic heterocycles. The average Bonchev–Trinajstić information content (AvgIpc) is 2.29. The topological polar surface area (TPSA) is 69.6 Å². The molecule has 2 N–H and O–H groups in total. The molecule has 1 aromatic carbocycles. The first-order valence-electron chi connectivity index (χ1n) is 5.27. The largest absolute Gasteiger partial charge is 0.384 e. The van der Waals surface area contributed by atoms with Crippen LogP contribution in [0.15, 0.2) is 18.2 Å². The van der Waals surface area contributed by atoms with Crippen LogP contribution in [0, 0.1) is 18.8 Å². The van der Waals surface area contributed by atoms with E-state index in [1.807, 2.05) is 6.92 Å². The summed E-state index contributed by atoms with van der Waals surface area (Å²) >= 11 is 0. The van der Waals surface area contributed by atoms with Crippen LogP contribution < -0.4 is 4.72 Å². The van der Waals surface area contributed by atoms with Crippen molar-refractivity contribution in [3.8, 4) is 11.8 Å². The molecule has 0 saturated carbocycles. The van der Waals surface area contributed by atoms with Crippen LogP contribution in [-0.2, 0) is 10.2 Å². The molecule has 0 radical (unpaired) electrons. The maximum Gasteiger partial charge on any atom is 0.301 e. The quantitative estimate of drug-likeness (QED) is 0.787. The van der Waals surface area contributed by atoms with Crippen molar-refractivity contribution in [3.05, 3.63) is 29.3 Å². The molecule has 18 heavy (non-hydrogen) atoms. The minimum Gasteiger partial charge on any atom is -0.384 e. The smallest absolute Gasteiger partial charge is 0.301 e. The molecule has 0 aliphatic heterocycles. The number of aliphatic hydroxyl groups excluding tert-OH is 1. The Balaban J connectivity index is 3.17. The molecule has 1 rings (SSSR count). The van der Waals surface area contributed by atoms with Gasteiger partial charge in [0.25, 0.3) is 0 Å². The van der Waals surface area contributed by atoms with Gasteiger partial charge in [0.2, 0.25) is 0 Å². The van der Waals surface area contributed by atoms with Gasteiger partial charge in [-0.05, 0) is 24.6 Å². The molecule has 5 nitrogen and oxygen atoms in total. The molecule has 0 aliphatic carbocycles. The highest BCUT2D eigenvalue weighted by molar-refractivity contribution is 7.90. The van der Waals surface area contributed by atoms with E-state index in [1.54, 1.807) is 18.2 Å². The zero-order valence-corrected chi connectivity index (χ0v) is 11.4. The van der Waals surface area contributed by atoms with Crippen molar-refractivity contribution in [2.45, 2.75) is 6.92 Å². The normalized spacial score (nSPS) is 10.9. The fourth-order valence-corrected chi connectivity index (χ4v) is 1.85. The second-order valence-corrected chi connectivity index (χ2v) is 5.78. The number of benzene rings is 1. The van der Waals surface area contributed by atoms with Crippen molar-refractivity contribution in [1.82, 2.24) is 4.31 Å². The van der Waals surface area contributed by atoms with Crippen LogP contribution in [0.1, 0.15) is 11.1 Å². The summed E-state index contributed by atoms with van der Waals surface area (Å²) in [4.78, 5) is 0. The van der Waals surface area contributed by atoms with Crippen molar-refractivity contribution in [3.63, 3.8) is 0 Å². The highest BCUT2D eigenvalue weighted by atomic mass is 32.2. The fraction of sp³-hybridized carbons (Fsp3) is 0.333. The zero-order chi connectivity index (χ0) is 13.8. The zero-order valence-electron chi connectivity index (χ0n) is 10.6. The number of anilines is 1. The Bertz CT molecular complexity index is 583. The van der Waals surface area contributed by atoms with Crippen molar-refractivity contribution in [2.75, 3.05) is 25.4 Å². The number of hydrogen-bond donors (Lipinski definition) is 2. The van der Waals surface area contributed by atoms with E-state index in [0.717, 1.165) is 9.87 Å². The van der Waals surface area contributed by atoms with Crippen molar-refractivity contribution in [2.24, 2.45) is 0 Å². The number of nitrogens with one attached hydrogen (secondary N) is 1. The highest BCUT2D eigenvalue weighted by Crippen LogP contribution is 2.18. The number of aliphatic hydroxyl groups is 1. The number of rotatable bonds is 3. The molecule has 1 aromatic rings. The molecule has 98 valence electrons. The Hall–Kier alpha value is -1.55. The Morgan fingerprint density at radius 3 is 2.61 bits per heavy atom. The van der Waals surface area contributed by atoms with E-state index in [4.69, 9.17) is 5.11 Å². The van der Waals surface area contributed by atoms with Crippen LogP contribution in [0.5, 0.6) is 0 Å². The van der Waals surface area contributed by atoms with Gasteiger partial charge in [-0.3, -0.25) is 4.72 Å². The molecule has 0 unspecified atom stereocenters. The monoisotopic (exact) mass is 268 g/mol. The van der Waals surface area contributed by atoms with Crippen molar-refractivity contribution in [1.29, 1.82) is 0 Å². The van der Waals surface area contributed by atoms with Gasteiger partial charge in [0, 0.05) is 19.7 Å². The van der Waals surface area contributed by atoms with Gasteiger partial charge < -0.3 is 5.11 Å². The maximum atomic E-state index is 11.7. The summed E-state index contributed by atoms with van der Waals surface area (Å²) in [5.74, 6) is 5.22. The van der Waals surface area contributed by atoms with Crippen molar-refractivity contribution >= 4 is 15.9 Å². The summed E-state index contributed by atoms with van der Waals surface area (Å²) in [5, 5.41) is 8.69.